The molecule has 2 aromatic carbocycles. The van der Waals surface area contributed by atoms with E-state index in [9.17, 15) is 9.59 Å². The van der Waals surface area contributed by atoms with Gasteiger partial charge in [-0.05, 0) is 52.2 Å². The van der Waals surface area contributed by atoms with Gasteiger partial charge in [-0.25, -0.2) is 4.68 Å². The van der Waals surface area contributed by atoms with Crippen LogP contribution in [0.4, 0.5) is 0 Å². The lowest BCUT2D eigenvalue weighted by atomic mass is 10.1. The molecule has 3 aromatic heterocycles. The molecule has 0 radical (unpaired) electrons. The molecule has 2 amide bonds. The first-order valence-corrected chi connectivity index (χ1v) is 12.5. The van der Waals surface area contributed by atoms with Crippen molar-refractivity contribution in [1.29, 1.82) is 0 Å². The first-order valence-electron chi connectivity index (χ1n) is 12.1. The summed E-state index contributed by atoms with van der Waals surface area (Å²) in [6.45, 7) is 0.292. The molecule has 0 saturated heterocycles. The second-order valence-corrected chi connectivity index (χ2v) is 9.64. The number of carbonyl (C=O) groups is 2. The predicted octanol–water partition coefficient (Wildman–Crippen LogP) is 3.05. The molecule has 13 heteroatoms. The minimum absolute atomic E-state index is 0.0179. The van der Waals surface area contributed by atoms with E-state index >= 15 is 0 Å². The maximum atomic E-state index is 12.9. The SMILES string of the molecule is COc1cc(C(=O)NC2(C(=O)NCc3ccc(-n4c(-c5nnnn5C)c(Cl)c5ccccc54)cc3)CC2)on1. The van der Waals surface area contributed by atoms with Crippen molar-refractivity contribution in [1.82, 2.24) is 40.6 Å². The van der Waals surface area contributed by atoms with Crippen LogP contribution < -0.4 is 15.4 Å². The number of aromatic nitrogens is 6. The van der Waals surface area contributed by atoms with Gasteiger partial charge in [0.05, 0.1) is 23.7 Å². The molecular formula is C26H23ClN8O4. The van der Waals surface area contributed by atoms with Crippen LogP contribution in [0.5, 0.6) is 5.88 Å². The first kappa shape index (κ1) is 24.6. The minimum Gasteiger partial charge on any atom is -0.479 e. The molecule has 1 aliphatic rings. The Hall–Kier alpha value is -4.71. The normalized spacial score (nSPS) is 13.8. The highest BCUT2D eigenvalue weighted by molar-refractivity contribution is 6.38. The Morgan fingerprint density at radius 1 is 1.15 bits per heavy atom. The highest BCUT2D eigenvalue weighted by Gasteiger charge is 2.51. The molecule has 2 N–H and O–H groups in total. The third-order valence-electron chi connectivity index (χ3n) is 6.75. The molecule has 198 valence electrons. The van der Waals surface area contributed by atoms with E-state index in [1.807, 2.05) is 53.1 Å². The van der Waals surface area contributed by atoms with Crippen molar-refractivity contribution in [2.45, 2.75) is 24.9 Å². The van der Waals surface area contributed by atoms with Crippen LogP contribution in [0.15, 0.2) is 59.1 Å². The first-order chi connectivity index (χ1) is 18.9. The Balaban J connectivity index is 1.19. The van der Waals surface area contributed by atoms with Crippen molar-refractivity contribution in [3.63, 3.8) is 0 Å². The van der Waals surface area contributed by atoms with Gasteiger partial charge in [0.15, 0.2) is 5.82 Å². The number of hydrogen-bond donors (Lipinski definition) is 2. The van der Waals surface area contributed by atoms with E-state index < -0.39 is 11.4 Å². The van der Waals surface area contributed by atoms with Gasteiger partial charge in [-0.15, -0.1) is 5.10 Å². The number of carbonyl (C=O) groups excluding carboxylic acids is 2. The van der Waals surface area contributed by atoms with Gasteiger partial charge in [-0.1, -0.05) is 41.9 Å². The predicted molar refractivity (Wildman–Crippen MR) is 140 cm³/mol. The van der Waals surface area contributed by atoms with Crippen molar-refractivity contribution >= 4 is 34.3 Å². The van der Waals surface area contributed by atoms with Gasteiger partial charge in [0.2, 0.25) is 11.7 Å². The molecule has 0 unspecified atom stereocenters. The molecule has 39 heavy (non-hydrogen) atoms. The van der Waals surface area contributed by atoms with Crippen LogP contribution in [-0.4, -0.2) is 54.4 Å². The van der Waals surface area contributed by atoms with E-state index in [-0.39, 0.29) is 17.5 Å². The lowest BCUT2D eigenvalue weighted by Gasteiger charge is -2.16. The van der Waals surface area contributed by atoms with Gasteiger partial charge in [0.1, 0.15) is 11.2 Å². The molecule has 6 rings (SSSR count). The van der Waals surface area contributed by atoms with E-state index in [1.54, 1.807) is 11.7 Å². The number of rotatable bonds is 8. The van der Waals surface area contributed by atoms with Crippen LogP contribution in [0.3, 0.4) is 0 Å². The molecule has 1 fully saturated rings. The van der Waals surface area contributed by atoms with Crippen LogP contribution >= 0.6 is 11.6 Å². The number of tetrazole rings is 1. The number of hydrogen-bond acceptors (Lipinski definition) is 8. The number of methoxy groups -OCH3 is 1. The number of benzene rings is 2. The molecule has 0 bridgehead atoms. The summed E-state index contributed by atoms with van der Waals surface area (Å²) in [5, 5.41) is 22.7. The van der Waals surface area contributed by atoms with Crippen LogP contribution in [0.1, 0.15) is 29.0 Å². The van der Waals surface area contributed by atoms with Crippen molar-refractivity contribution in [2.75, 3.05) is 7.11 Å². The minimum atomic E-state index is -0.961. The molecule has 12 nitrogen and oxygen atoms in total. The Labute approximate surface area is 226 Å². The second kappa shape index (κ2) is 9.55. The average Bonchev–Trinajstić information content (AvgIpc) is 3.25. The molecular weight excluding hydrogens is 524 g/mol. The summed E-state index contributed by atoms with van der Waals surface area (Å²) in [7, 11) is 3.18. The second-order valence-electron chi connectivity index (χ2n) is 9.26. The largest absolute Gasteiger partial charge is 0.479 e. The zero-order chi connectivity index (χ0) is 27.1. The van der Waals surface area contributed by atoms with Gasteiger partial charge in [-0.2, -0.15) is 0 Å². The Morgan fingerprint density at radius 2 is 1.92 bits per heavy atom. The Bertz CT molecular complexity index is 1700. The fraction of sp³-hybridized carbons (Fsp3) is 0.231. The Kier molecular flexibility index (Phi) is 6.03. The number of aryl methyl sites for hydroxylation is 1. The van der Waals surface area contributed by atoms with E-state index in [0.29, 0.717) is 35.9 Å². The average molecular weight is 547 g/mol. The standard InChI is InChI=1S/C26H23ClN8O4/c1-34-23(30-32-33-34)22-21(27)17-5-3-4-6-18(17)35(22)16-9-7-15(8-10-16)14-28-25(37)26(11-12-26)29-24(36)19-13-20(38-2)31-39-19/h3-10,13H,11-12,14H2,1-2H3,(H,28,37)(H,29,36). The van der Waals surface area contributed by atoms with Crippen LogP contribution in [0, 0.1) is 0 Å². The summed E-state index contributed by atoms with van der Waals surface area (Å²) in [5.74, 6) is -0.0712. The lowest BCUT2D eigenvalue weighted by molar-refractivity contribution is -0.124. The highest BCUT2D eigenvalue weighted by atomic mass is 35.5. The fourth-order valence-electron chi connectivity index (χ4n) is 4.49. The molecule has 0 aliphatic heterocycles. The summed E-state index contributed by atoms with van der Waals surface area (Å²) < 4.78 is 13.5. The summed E-state index contributed by atoms with van der Waals surface area (Å²) >= 11 is 6.80. The van der Waals surface area contributed by atoms with Gasteiger partial charge in [-0.3, -0.25) is 9.59 Å². The zero-order valence-electron chi connectivity index (χ0n) is 21.0. The Morgan fingerprint density at radius 3 is 2.59 bits per heavy atom. The number of fused-ring (bicyclic) bond motifs is 1. The molecule has 0 atom stereocenters. The summed E-state index contributed by atoms with van der Waals surface area (Å²) in [6.07, 6.45) is 1.08. The van der Waals surface area contributed by atoms with E-state index in [0.717, 1.165) is 22.2 Å². The van der Waals surface area contributed by atoms with Gasteiger partial charge in [0.25, 0.3) is 11.8 Å². The number of nitrogens with one attached hydrogen (secondary N) is 2. The van der Waals surface area contributed by atoms with Gasteiger partial charge in [0, 0.05) is 24.7 Å². The fourth-order valence-corrected chi connectivity index (χ4v) is 4.82. The highest BCUT2D eigenvalue weighted by Crippen LogP contribution is 2.39. The zero-order valence-corrected chi connectivity index (χ0v) is 21.8. The summed E-state index contributed by atoms with van der Waals surface area (Å²) in [6, 6.07) is 16.9. The van der Waals surface area contributed by atoms with Crippen LogP contribution in [-0.2, 0) is 18.4 Å². The maximum Gasteiger partial charge on any atom is 0.290 e. The number of nitrogens with zero attached hydrogens (tertiary/aromatic N) is 6. The number of amides is 2. The van der Waals surface area contributed by atoms with Crippen molar-refractivity contribution in [2.24, 2.45) is 7.05 Å². The van der Waals surface area contributed by atoms with E-state index in [4.69, 9.17) is 20.9 Å². The molecule has 1 saturated carbocycles. The van der Waals surface area contributed by atoms with Crippen LogP contribution in [0.2, 0.25) is 5.02 Å². The monoisotopic (exact) mass is 546 g/mol. The van der Waals surface area contributed by atoms with Crippen molar-refractivity contribution < 1.29 is 18.8 Å². The van der Waals surface area contributed by atoms with E-state index in [1.165, 1.54) is 13.2 Å². The topological polar surface area (TPSA) is 142 Å². The van der Waals surface area contributed by atoms with Crippen molar-refractivity contribution in [3.8, 4) is 23.1 Å². The number of para-hydroxylation sites is 1. The number of halogens is 1. The third kappa shape index (κ3) is 4.38. The van der Waals surface area contributed by atoms with Crippen LogP contribution in [0.25, 0.3) is 28.1 Å². The summed E-state index contributed by atoms with van der Waals surface area (Å²) in [4.78, 5) is 25.4. The van der Waals surface area contributed by atoms with E-state index in [2.05, 4.69) is 31.3 Å². The summed E-state index contributed by atoms with van der Waals surface area (Å²) in [5.41, 5.74) is 2.38. The van der Waals surface area contributed by atoms with Crippen molar-refractivity contribution in [3.05, 3.63) is 70.9 Å². The van der Waals surface area contributed by atoms with Gasteiger partial charge >= 0.3 is 0 Å². The quantitative estimate of drug-likeness (QED) is 0.302. The van der Waals surface area contributed by atoms with Gasteiger partial charge < -0.3 is 24.5 Å². The third-order valence-corrected chi connectivity index (χ3v) is 7.13. The smallest absolute Gasteiger partial charge is 0.290 e. The lowest BCUT2D eigenvalue weighted by Crippen LogP contribution is -2.48. The molecule has 5 aromatic rings. The maximum absolute atomic E-state index is 12.9. The molecule has 0 spiro atoms. The molecule has 3 heterocycles. The number of ether oxygens (including phenoxy) is 1. The molecule has 1 aliphatic carbocycles.